The fourth-order valence-corrected chi connectivity index (χ4v) is 1.98. The van der Waals surface area contributed by atoms with Crippen LogP contribution in [0.1, 0.15) is 18.0 Å². The topological polar surface area (TPSA) is 73.8 Å². The minimum atomic E-state index is -0.457. The second-order valence-electron chi connectivity index (χ2n) is 3.60. The number of rotatable bonds is 3. The fourth-order valence-electron chi connectivity index (χ4n) is 1.37. The first-order chi connectivity index (χ1) is 8.49. The van der Waals surface area contributed by atoms with Crippen molar-refractivity contribution < 1.29 is 4.92 Å². The second kappa shape index (κ2) is 5.03. The molecule has 0 bridgehead atoms. The van der Waals surface area contributed by atoms with Crippen molar-refractivity contribution in [2.45, 2.75) is 12.3 Å². The molecule has 0 spiro atoms. The van der Waals surface area contributed by atoms with Crippen molar-refractivity contribution in [1.82, 2.24) is 15.0 Å². The molecule has 0 aliphatic carbocycles. The number of hydrogen-bond acceptors (Lipinski definition) is 4. The molecule has 0 aliphatic rings. The van der Waals surface area contributed by atoms with E-state index in [4.69, 9.17) is 11.6 Å². The van der Waals surface area contributed by atoms with Crippen LogP contribution in [0, 0.1) is 10.1 Å². The molecule has 0 saturated heterocycles. The molecule has 2 rings (SSSR count). The van der Waals surface area contributed by atoms with E-state index in [1.54, 1.807) is 25.3 Å². The minimum absolute atomic E-state index is 0.00444. The molecule has 6 nitrogen and oxygen atoms in total. The first-order valence-corrected chi connectivity index (χ1v) is 6.22. The van der Waals surface area contributed by atoms with E-state index in [0.29, 0.717) is 15.9 Å². The van der Waals surface area contributed by atoms with E-state index in [1.807, 2.05) is 0 Å². The third kappa shape index (κ3) is 2.51. The molecule has 0 amide bonds. The third-order valence-corrected chi connectivity index (χ3v) is 3.17. The highest BCUT2D eigenvalue weighted by atomic mass is 79.9. The van der Waals surface area contributed by atoms with E-state index in [9.17, 15) is 10.1 Å². The largest absolute Gasteiger partial charge is 0.283 e. The molecular formula is C10H8BrClN4O2. The Hall–Kier alpha value is -1.47. The zero-order valence-corrected chi connectivity index (χ0v) is 11.6. The quantitative estimate of drug-likeness (QED) is 0.491. The van der Waals surface area contributed by atoms with Gasteiger partial charge >= 0.3 is 0 Å². The molecule has 1 atom stereocenters. The van der Waals surface area contributed by atoms with Crippen molar-refractivity contribution in [2.24, 2.45) is 0 Å². The Bertz CT molecular complexity index is 599. The molecule has 1 unspecified atom stereocenters. The van der Waals surface area contributed by atoms with E-state index in [2.05, 4.69) is 26.2 Å². The fraction of sp³-hybridized carbons (Fsp3) is 0.200. The first kappa shape index (κ1) is 13.0. The lowest BCUT2D eigenvalue weighted by Crippen LogP contribution is -1.96. The molecule has 1 aromatic carbocycles. The summed E-state index contributed by atoms with van der Waals surface area (Å²) in [6.45, 7) is 1.79. The van der Waals surface area contributed by atoms with Gasteiger partial charge in [-0.15, -0.1) is 16.7 Å². The number of benzene rings is 1. The monoisotopic (exact) mass is 330 g/mol. The first-order valence-electron chi connectivity index (χ1n) is 4.99. The molecule has 0 radical (unpaired) electrons. The van der Waals surface area contributed by atoms with Crippen LogP contribution in [-0.2, 0) is 0 Å². The predicted molar refractivity (Wildman–Crippen MR) is 70.0 cm³/mol. The van der Waals surface area contributed by atoms with Crippen molar-refractivity contribution >= 4 is 33.2 Å². The maximum Gasteiger partial charge on any atom is 0.283 e. The standard InChI is InChI=1S/C10H8BrClN4O2/c1-6(12)9-5-15(14-13-9)7-2-3-10(16(17)18)8(11)4-7/h2-6H,1H3. The van der Waals surface area contributed by atoms with Crippen LogP contribution in [-0.4, -0.2) is 19.9 Å². The molecule has 18 heavy (non-hydrogen) atoms. The van der Waals surface area contributed by atoms with E-state index in [0.717, 1.165) is 0 Å². The summed E-state index contributed by atoms with van der Waals surface area (Å²) in [6, 6.07) is 4.61. The van der Waals surface area contributed by atoms with E-state index < -0.39 is 4.92 Å². The van der Waals surface area contributed by atoms with Gasteiger partial charge in [-0.3, -0.25) is 10.1 Å². The summed E-state index contributed by atoms with van der Waals surface area (Å²) < 4.78 is 1.91. The van der Waals surface area contributed by atoms with Crippen LogP contribution >= 0.6 is 27.5 Å². The molecule has 0 saturated carbocycles. The molecular weight excluding hydrogens is 323 g/mol. The average Bonchev–Trinajstić information content (AvgIpc) is 2.77. The zero-order valence-electron chi connectivity index (χ0n) is 9.25. The Morgan fingerprint density at radius 2 is 2.28 bits per heavy atom. The molecule has 94 valence electrons. The van der Waals surface area contributed by atoms with Gasteiger partial charge < -0.3 is 0 Å². The number of nitrogens with zero attached hydrogens (tertiary/aromatic N) is 4. The highest BCUT2D eigenvalue weighted by molar-refractivity contribution is 9.10. The van der Waals surface area contributed by atoms with Crippen molar-refractivity contribution in [1.29, 1.82) is 0 Å². The average molecular weight is 332 g/mol. The summed E-state index contributed by atoms with van der Waals surface area (Å²) in [6.07, 6.45) is 1.69. The van der Waals surface area contributed by atoms with Crippen LogP contribution in [0.15, 0.2) is 28.9 Å². The summed E-state index contributed by atoms with van der Waals surface area (Å²) in [7, 11) is 0. The van der Waals surface area contributed by atoms with E-state index in [1.165, 1.54) is 10.7 Å². The van der Waals surface area contributed by atoms with Crippen molar-refractivity contribution in [2.75, 3.05) is 0 Å². The summed E-state index contributed by atoms with van der Waals surface area (Å²) in [5.74, 6) is 0. The second-order valence-corrected chi connectivity index (χ2v) is 5.11. The number of alkyl halides is 1. The summed E-state index contributed by atoms with van der Waals surface area (Å²) in [5, 5.41) is 18.3. The minimum Gasteiger partial charge on any atom is -0.258 e. The Labute approximate surface area is 116 Å². The van der Waals surface area contributed by atoms with Gasteiger partial charge in [0.15, 0.2) is 0 Å². The van der Waals surface area contributed by atoms with Gasteiger partial charge in [-0.1, -0.05) is 5.21 Å². The third-order valence-electron chi connectivity index (χ3n) is 2.31. The molecule has 1 heterocycles. The number of nitro benzene ring substituents is 1. The normalized spacial score (nSPS) is 12.4. The van der Waals surface area contributed by atoms with Crippen LogP contribution < -0.4 is 0 Å². The van der Waals surface area contributed by atoms with Crippen molar-refractivity contribution in [3.8, 4) is 5.69 Å². The maximum atomic E-state index is 10.7. The van der Waals surface area contributed by atoms with Crippen LogP contribution in [0.4, 0.5) is 5.69 Å². The number of hydrogen-bond donors (Lipinski definition) is 0. The van der Waals surface area contributed by atoms with E-state index in [-0.39, 0.29) is 11.1 Å². The molecule has 0 aliphatic heterocycles. The lowest BCUT2D eigenvalue weighted by Gasteiger charge is -2.01. The number of nitro groups is 1. The van der Waals surface area contributed by atoms with Gasteiger partial charge in [0.05, 0.1) is 26.7 Å². The highest BCUT2D eigenvalue weighted by Gasteiger charge is 2.13. The maximum absolute atomic E-state index is 10.7. The highest BCUT2D eigenvalue weighted by Crippen LogP contribution is 2.27. The number of aromatic nitrogens is 3. The van der Waals surface area contributed by atoms with Crippen molar-refractivity contribution in [3.63, 3.8) is 0 Å². The predicted octanol–water partition coefficient (Wildman–Crippen LogP) is 3.24. The van der Waals surface area contributed by atoms with Crippen LogP contribution in [0.3, 0.4) is 0 Å². The zero-order chi connectivity index (χ0) is 13.3. The van der Waals surface area contributed by atoms with Crippen molar-refractivity contribution in [3.05, 3.63) is 44.7 Å². The van der Waals surface area contributed by atoms with Gasteiger partial charge in [0.1, 0.15) is 5.69 Å². The van der Waals surface area contributed by atoms with Gasteiger partial charge in [0.25, 0.3) is 5.69 Å². The van der Waals surface area contributed by atoms with Crippen LogP contribution in [0.25, 0.3) is 5.69 Å². The van der Waals surface area contributed by atoms with Gasteiger partial charge in [-0.2, -0.15) is 0 Å². The summed E-state index contributed by atoms with van der Waals surface area (Å²) in [5.41, 5.74) is 1.32. The van der Waals surface area contributed by atoms with Gasteiger partial charge in [-0.05, 0) is 35.0 Å². The van der Waals surface area contributed by atoms with Crippen LogP contribution in [0.2, 0.25) is 0 Å². The Morgan fingerprint density at radius 3 is 2.78 bits per heavy atom. The van der Waals surface area contributed by atoms with Gasteiger partial charge in [0.2, 0.25) is 0 Å². The molecule has 0 N–H and O–H groups in total. The Morgan fingerprint density at radius 1 is 1.56 bits per heavy atom. The Balaban J connectivity index is 2.39. The number of halogens is 2. The summed E-state index contributed by atoms with van der Waals surface area (Å²) >= 11 is 9.04. The lowest BCUT2D eigenvalue weighted by atomic mass is 10.3. The molecule has 2 aromatic rings. The van der Waals surface area contributed by atoms with E-state index >= 15 is 0 Å². The Kier molecular flexibility index (Phi) is 3.63. The summed E-state index contributed by atoms with van der Waals surface area (Å²) in [4.78, 5) is 10.2. The van der Waals surface area contributed by atoms with Crippen LogP contribution in [0.5, 0.6) is 0 Å². The van der Waals surface area contributed by atoms with Gasteiger partial charge in [-0.25, -0.2) is 4.68 Å². The lowest BCUT2D eigenvalue weighted by molar-refractivity contribution is -0.385. The molecule has 8 heteroatoms. The van der Waals surface area contributed by atoms with Gasteiger partial charge in [0, 0.05) is 6.07 Å². The molecule has 0 fully saturated rings. The molecule has 1 aromatic heterocycles. The SMILES string of the molecule is CC(Cl)c1cn(-c2ccc([N+](=O)[O-])c(Br)c2)nn1. The smallest absolute Gasteiger partial charge is 0.258 e.